The van der Waals surface area contributed by atoms with E-state index in [2.05, 4.69) is 0 Å². The van der Waals surface area contributed by atoms with Crippen molar-refractivity contribution in [2.24, 2.45) is 5.73 Å². The molecule has 1 aromatic rings. The largest absolute Gasteiger partial charge is 0.350 e. The van der Waals surface area contributed by atoms with Crippen LogP contribution in [0.3, 0.4) is 0 Å². The molecule has 5 heteroatoms. The molecule has 1 saturated heterocycles. The molecule has 0 radical (unpaired) electrons. The van der Waals surface area contributed by atoms with Gasteiger partial charge in [-0.05, 0) is 12.1 Å². The standard InChI is InChI=1S/C9H12ClNO2S/c10-8-2-1-7(14-8)6(11)5-9-12-3-4-13-9/h1-2,6,9H,3-5,11H2. The molecule has 3 nitrogen and oxygen atoms in total. The van der Waals surface area contributed by atoms with Crippen molar-refractivity contribution in [3.8, 4) is 0 Å². The Labute approximate surface area is 91.8 Å². The van der Waals surface area contributed by atoms with E-state index < -0.39 is 0 Å². The summed E-state index contributed by atoms with van der Waals surface area (Å²) in [6, 6.07) is 3.76. The molecule has 1 atom stereocenters. The van der Waals surface area contributed by atoms with Crippen LogP contribution in [0, 0.1) is 0 Å². The number of rotatable bonds is 3. The molecule has 0 aromatic carbocycles. The Hall–Kier alpha value is -0.130. The maximum absolute atomic E-state index is 5.98. The molecule has 1 unspecified atom stereocenters. The lowest BCUT2D eigenvalue weighted by molar-refractivity contribution is -0.0505. The van der Waals surface area contributed by atoms with Crippen LogP contribution >= 0.6 is 22.9 Å². The zero-order valence-corrected chi connectivity index (χ0v) is 9.18. The van der Waals surface area contributed by atoms with Crippen LogP contribution in [0.5, 0.6) is 0 Å². The van der Waals surface area contributed by atoms with E-state index in [1.807, 2.05) is 12.1 Å². The predicted octanol–water partition coefficient (Wildman–Crippen LogP) is 2.16. The maximum atomic E-state index is 5.98. The van der Waals surface area contributed by atoms with Crippen molar-refractivity contribution in [3.05, 3.63) is 21.3 Å². The Morgan fingerprint density at radius 3 is 2.79 bits per heavy atom. The van der Waals surface area contributed by atoms with Crippen molar-refractivity contribution < 1.29 is 9.47 Å². The minimum atomic E-state index is -0.147. The molecule has 1 aliphatic heterocycles. The quantitative estimate of drug-likeness (QED) is 0.870. The molecule has 0 spiro atoms. The molecular weight excluding hydrogens is 222 g/mol. The zero-order chi connectivity index (χ0) is 9.97. The van der Waals surface area contributed by atoms with Crippen molar-refractivity contribution >= 4 is 22.9 Å². The minimum absolute atomic E-state index is 0.0457. The summed E-state index contributed by atoms with van der Waals surface area (Å²) in [5, 5.41) is 0. The number of hydrogen-bond acceptors (Lipinski definition) is 4. The average Bonchev–Trinajstić information content (AvgIpc) is 2.75. The molecule has 2 heterocycles. The number of ether oxygens (including phenoxy) is 2. The van der Waals surface area contributed by atoms with Gasteiger partial charge in [0.25, 0.3) is 0 Å². The molecule has 78 valence electrons. The van der Waals surface area contributed by atoms with E-state index in [-0.39, 0.29) is 12.3 Å². The van der Waals surface area contributed by atoms with E-state index in [1.54, 1.807) is 0 Å². The van der Waals surface area contributed by atoms with Gasteiger partial charge in [0.1, 0.15) is 0 Å². The smallest absolute Gasteiger partial charge is 0.159 e. The second-order valence-electron chi connectivity index (χ2n) is 3.16. The predicted molar refractivity (Wildman–Crippen MR) is 56.6 cm³/mol. The summed E-state index contributed by atoms with van der Waals surface area (Å²) in [7, 11) is 0. The molecule has 0 amide bonds. The lowest BCUT2D eigenvalue weighted by Gasteiger charge is -2.13. The highest BCUT2D eigenvalue weighted by Crippen LogP contribution is 2.29. The summed E-state index contributed by atoms with van der Waals surface area (Å²) in [6.07, 6.45) is 0.544. The van der Waals surface area contributed by atoms with Gasteiger partial charge in [0.05, 0.1) is 17.6 Å². The van der Waals surface area contributed by atoms with Crippen LogP contribution in [0.4, 0.5) is 0 Å². The van der Waals surface area contributed by atoms with Crippen LogP contribution < -0.4 is 5.73 Å². The van der Waals surface area contributed by atoms with E-state index in [1.165, 1.54) is 11.3 Å². The highest BCUT2D eigenvalue weighted by atomic mass is 35.5. The normalized spacial score (nSPS) is 20.1. The summed E-state index contributed by atoms with van der Waals surface area (Å²) in [6.45, 7) is 1.34. The summed E-state index contributed by atoms with van der Waals surface area (Å²) >= 11 is 7.33. The van der Waals surface area contributed by atoms with Crippen molar-refractivity contribution in [2.75, 3.05) is 13.2 Å². The molecule has 2 N–H and O–H groups in total. The molecule has 0 saturated carbocycles. The molecule has 1 aliphatic rings. The first-order chi connectivity index (χ1) is 6.75. The number of hydrogen-bond donors (Lipinski definition) is 1. The monoisotopic (exact) mass is 233 g/mol. The van der Waals surface area contributed by atoms with Crippen molar-refractivity contribution in [3.63, 3.8) is 0 Å². The van der Waals surface area contributed by atoms with Crippen LogP contribution in [-0.2, 0) is 9.47 Å². The second kappa shape index (κ2) is 4.59. The Morgan fingerprint density at radius 2 is 2.21 bits per heavy atom. The highest BCUT2D eigenvalue weighted by molar-refractivity contribution is 7.16. The van der Waals surface area contributed by atoms with Gasteiger partial charge >= 0.3 is 0 Å². The lowest BCUT2D eigenvalue weighted by atomic mass is 10.2. The number of nitrogens with two attached hydrogens (primary N) is 1. The van der Waals surface area contributed by atoms with Gasteiger partial charge in [-0.15, -0.1) is 11.3 Å². The maximum Gasteiger partial charge on any atom is 0.159 e. The van der Waals surface area contributed by atoms with Crippen LogP contribution in [-0.4, -0.2) is 19.5 Å². The van der Waals surface area contributed by atoms with Crippen LogP contribution in [0.25, 0.3) is 0 Å². The van der Waals surface area contributed by atoms with Gasteiger partial charge < -0.3 is 15.2 Å². The fraction of sp³-hybridized carbons (Fsp3) is 0.556. The van der Waals surface area contributed by atoms with Gasteiger partial charge in [-0.1, -0.05) is 11.6 Å². The van der Waals surface area contributed by atoms with Crippen molar-refractivity contribution in [1.82, 2.24) is 0 Å². The zero-order valence-electron chi connectivity index (χ0n) is 7.61. The fourth-order valence-corrected chi connectivity index (χ4v) is 2.47. The van der Waals surface area contributed by atoms with Gasteiger partial charge in [0.15, 0.2) is 6.29 Å². The van der Waals surface area contributed by atoms with E-state index in [0.717, 1.165) is 9.21 Å². The van der Waals surface area contributed by atoms with Crippen molar-refractivity contribution in [1.29, 1.82) is 0 Å². The molecule has 14 heavy (non-hydrogen) atoms. The first kappa shape index (κ1) is 10.4. The molecule has 1 fully saturated rings. The third-order valence-corrected chi connectivity index (χ3v) is 3.46. The van der Waals surface area contributed by atoms with Crippen LogP contribution in [0.2, 0.25) is 4.34 Å². The van der Waals surface area contributed by atoms with Crippen LogP contribution in [0.15, 0.2) is 12.1 Å². The van der Waals surface area contributed by atoms with Crippen LogP contribution in [0.1, 0.15) is 17.3 Å². The Morgan fingerprint density at radius 1 is 1.50 bits per heavy atom. The SMILES string of the molecule is NC(CC1OCCO1)c1ccc(Cl)s1. The summed E-state index contributed by atoms with van der Waals surface area (Å²) in [5.41, 5.74) is 5.98. The van der Waals surface area contributed by atoms with E-state index in [0.29, 0.717) is 19.6 Å². The first-order valence-electron chi connectivity index (χ1n) is 4.50. The Kier molecular flexibility index (Phi) is 3.41. The fourth-order valence-electron chi connectivity index (χ4n) is 1.39. The van der Waals surface area contributed by atoms with E-state index in [9.17, 15) is 0 Å². The van der Waals surface area contributed by atoms with E-state index >= 15 is 0 Å². The molecule has 1 aromatic heterocycles. The Bertz CT molecular complexity index is 299. The lowest BCUT2D eigenvalue weighted by Crippen LogP contribution is -2.18. The molecule has 0 bridgehead atoms. The van der Waals surface area contributed by atoms with Gasteiger partial charge in [-0.25, -0.2) is 0 Å². The highest BCUT2D eigenvalue weighted by Gasteiger charge is 2.20. The Balaban J connectivity index is 1.91. The van der Waals surface area contributed by atoms with E-state index in [4.69, 9.17) is 26.8 Å². The number of halogens is 1. The minimum Gasteiger partial charge on any atom is -0.350 e. The van der Waals surface area contributed by atoms with Gasteiger partial charge in [-0.2, -0.15) is 0 Å². The van der Waals surface area contributed by atoms with Gasteiger partial charge in [0.2, 0.25) is 0 Å². The third-order valence-electron chi connectivity index (χ3n) is 2.10. The third kappa shape index (κ3) is 2.46. The van der Waals surface area contributed by atoms with Gasteiger partial charge in [-0.3, -0.25) is 0 Å². The summed E-state index contributed by atoms with van der Waals surface area (Å²) in [4.78, 5) is 1.08. The second-order valence-corrected chi connectivity index (χ2v) is 4.90. The molecule has 2 rings (SSSR count). The summed E-state index contributed by atoms with van der Waals surface area (Å²) in [5.74, 6) is 0. The average molecular weight is 234 g/mol. The van der Waals surface area contributed by atoms with Crippen molar-refractivity contribution in [2.45, 2.75) is 18.8 Å². The topological polar surface area (TPSA) is 44.5 Å². The molecule has 0 aliphatic carbocycles. The first-order valence-corrected chi connectivity index (χ1v) is 5.69. The summed E-state index contributed by atoms with van der Waals surface area (Å²) < 4.78 is 11.4. The molecular formula is C9H12ClNO2S. The van der Waals surface area contributed by atoms with Gasteiger partial charge in [0, 0.05) is 17.3 Å². The number of thiophene rings is 1.